The molecular formula is C13H14ClN3O2S. The van der Waals surface area contributed by atoms with Crippen LogP contribution in [-0.2, 0) is 10.0 Å². The molecule has 0 fully saturated rings. The molecule has 0 aliphatic rings. The van der Waals surface area contributed by atoms with E-state index in [9.17, 15) is 8.42 Å². The number of hydrogen-bond acceptors (Lipinski definition) is 4. The highest BCUT2D eigenvalue weighted by Crippen LogP contribution is 2.26. The average Bonchev–Trinajstić information content (AvgIpc) is 2.36. The van der Waals surface area contributed by atoms with Gasteiger partial charge in [0, 0.05) is 6.20 Å². The van der Waals surface area contributed by atoms with Gasteiger partial charge >= 0.3 is 0 Å². The van der Waals surface area contributed by atoms with Crippen LogP contribution in [0.15, 0.2) is 35.4 Å². The van der Waals surface area contributed by atoms with Gasteiger partial charge in [-0.3, -0.25) is 4.72 Å². The number of rotatable bonds is 3. The fourth-order valence-electron chi connectivity index (χ4n) is 1.71. The Hall–Kier alpha value is -1.79. The Bertz CT molecular complexity index is 760. The van der Waals surface area contributed by atoms with Crippen LogP contribution in [0.2, 0.25) is 5.15 Å². The maximum Gasteiger partial charge on any atom is 0.264 e. The third kappa shape index (κ3) is 2.86. The van der Waals surface area contributed by atoms with Crippen molar-refractivity contribution in [3.05, 3.63) is 46.7 Å². The van der Waals surface area contributed by atoms with E-state index in [1.165, 1.54) is 18.3 Å². The summed E-state index contributed by atoms with van der Waals surface area (Å²) < 4.78 is 27.1. The van der Waals surface area contributed by atoms with Gasteiger partial charge in [-0.15, -0.1) is 0 Å². The molecule has 0 unspecified atom stereocenters. The van der Waals surface area contributed by atoms with Crippen molar-refractivity contribution in [3.63, 3.8) is 0 Å². The molecule has 2 aromatic rings. The molecule has 20 heavy (non-hydrogen) atoms. The predicted octanol–water partition coefficient (Wildman–Crippen LogP) is 2.73. The van der Waals surface area contributed by atoms with Crippen molar-refractivity contribution in [1.29, 1.82) is 0 Å². The number of pyridine rings is 1. The van der Waals surface area contributed by atoms with Gasteiger partial charge in [0.25, 0.3) is 10.0 Å². The van der Waals surface area contributed by atoms with Gasteiger partial charge in [0.15, 0.2) is 5.15 Å². The molecule has 3 N–H and O–H groups in total. The number of sulfonamides is 1. The van der Waals surface area contributed by atoms with Crippen LogP contribution in [0.1, 0.15) is 11.1 Å². The summed E-state index contributed by atoms with van der Waals surface area (Å²) in [6, 6.07) is 6.30. The normalized spacial score (nSPS) is 11.3. The number of nitrogen functional groups attached to an aromatic ring is 1. The van der Waals surface area contributed by atoms with E-state index < -0.39 is 10.0 Å². The first-order valence-corrected chi connectivity index (χ1v) is 7.67. The van der Waals surface area contributed by atoms with Crippen molar-refractivity contribution in [2.45, 2.75) is 18.7 Å². The molecule has 0 saturated heterocycles. The van der Waals surface area contributed by atoms with Gasteiger partial charge in [0.1, 0.15) is 4.90 Å². The Balaban J connectivity index is 2.47. The number of hydrogen-bond donors (Lipinski definition) is 2. The van der Waals surface area contributed by atoms with Gasteiger partial charge in [0.05, 0.1) is 11.4 Å². The third-order valence-electron chi connectivity index (χ3n) is 2.92. The second-order valence-corrected chi connectivity index (χ2v) is 6.43. The maximum atomic E-state index is 12.4. The summed E-state index contributed by atoms with van der Waals surface area (Å²) >= 11 is 5.84. The van der Waals surface area contributed by atoms with E-state index in [4.69, 9.17) is 17.3 Å². The van der Waals surface area contributed by atoms with Gasteiger partial charge in [-0.05, 0) is 49.2 Å². The van der Waals surface area contributed by atoms with Crippen molar-refractivity contribution in [1.82, 2.24) is 4.98 Å². The summed E-state index contributed by atoms with van der Waals surface area (Å²) in [5.41, 5.74) is 7.99. The van der Waals surface area contributed by atoms with Crippen molar-refractivity contribution < 1.29 is 8.42 Å². The molecular weight excluding hydrogens is 298 g/mol. The van der Waals surface area contributed by atoms with Crippen LogP contribution in [0.3, 0.4) is 0 Å². The van der Waals surface area contributed by atoms with Crippen LogP contribution < -0.4 is 10.5 Å². The summed E-state index contributed by atoms with van der Waals surface area (Å²) in [5, 5.41) is 0.0819. The molecule has 106 valence electrons. The standard InChI is InChI=1S/C13H14ClN3O2S/c1-8-6-10(15)12(7-9(8)2)20(18,19)17-11-4-3-5-16-13(11)14/h3-7,17H,15H2,1-2H3. The molecule has 0 radical (unpaired) electrons. The number of nitrogens with two attached hydrogens (primary N) is 1. The van der Waals surface area contributed by atoms with Crippen LogP contribution in [0, 0.1) is 13.8 Å². The zero-order valence-electron chi connectivity index (χ0n) is 11.0. The minimum absolute atomic E-state index is 0.0283. The lowest BCUT2D eigenvalue weighted by atomic mass is 10.1. The highest BCUT2D eigenvalue weighted by Gasteiger charge is 2.19. The molecule has 0 bridgehead atoms. The predicted molar refractivity (Wildman–Crippen MR) is 80.4 cm³/mol. The van der Waals surface area contributed by atoms with E-state index in [1.54, 1.807) is 12.1 Å². The Morgan fingerprint density at radius 3 is 2.55 bits per heavy atom. The van der Waals surface area contributed by atoms with Crippen molar-refractivity contribution in [2.75, 3.05) is 10.5 Å². The van der Waals surface area contributed by atoms with Gasteiger partial charge in [-0.2, -0.15) is 0 Å². The van der Waals surface area contributed by atoms with Crippen molar-refractivity contribution >= 4 is 33.0 Å². The first kappa shape index (κ1) is 14.6. The monoisotopic (exact) mass is 311 g/mol. The summed E-state index contributed by atoms with van der Waals surface area (Å²) in [4.78, 5) is 3.85. The van der Waals surface area contributed by atoms with E-state index in [0.29, 0.717) is 0 Å². The third-order valence-corrected chi connectivity index (χ3v) is 4.64. The first-order valence-electron chi connectivity index (χ1n) is 5.81. The number of nitrogens with one attached hydrogen (secondary N) is 1. The molecule has 7 heteroatoms. The molecule has 2 rings (SSSR count). The molecule has 1 heterocycles. The topological polar surface area (TPSA) is 85.1 Å². The minimum atomic E-state index is -3.81. The maximum absolute atomic E-state index is 12.4. The smallest absolute Gasteiger partial charge is 0.264 e. The van der Waals surface area contributed by atoms with Crippen LogP contribution in [0.25, 0.3) is 0 Å². The number of benzene rings is 1. The lowest BCUT2D eigenvalue weighted by Gasteiger charge is -2.12. The lowest BCUT2D eigenvalue weighted by Crippen LogP contribution is -2.15. The van der Waals surface area contributed by atoms with E-state index in [2.05, 4.69) is 9.71 Å². The fourth-order valence-corrected chi connectivity index (χ4v) is 3.19. The summed E-state index contributed by atoms with van der Waals surface area (Å²) in [6.45, 7) is 3.69. The van der Waals surface area contributed by atoms with Crippen LogP contribution in [0.5, 0.6) is 0 Å². The number of nitrogens with zero attached hydrogens (tertiary/aromatic N) is 1. The van der Waals surface area contributed by atoms with Crippen LogP contribution >= 0.6 is 11.6 Å². The second kappa shape index (κ2) is 5.30. The Morgan fingerprint density at radius 1 is 1.25 bits per heavy atom. The van der Waals surface area contributed by atoms with E-state index in [-0.39, 0.29) is 21.4 Å². The minimum Gasteiger partial charge on any atom is -0.398 e. The average molecular weight is 312 g/mol. The number of aromatic nitrogens is 1. The van der Waals surface area contributed by atoms with Crippen molar-refractivity contribution in [3.8, 4) is 0 Å². The largest absolute Gasteiger partial charge is 0.398 e. The Kier molecular flexibility index (Phi) is 3.87. The number of aryl methyl sites for hydroxylation is 2. The Labute approximate surface area is 122 Å². The molecule has 0 aliphatic heterocycles. The molecule has 0 amide bonds. The Morgan fingerprint density at radius 2 is 1.90 bits per heavy atom. The molecule has 0 spiro atoms. The van der Waals surface area contributed by atoms with Crippen molar-refractivity contribution in [2.24, 2.45) is 0 Å². The molecule has 1 aromatic heterocycles. The van der Waals surface area contributed by atoms with Gasteiger partial charge in [0.2, 0.25) is 0 Å². The summed E-state index contributed by atoms with van der Waals surface area (Å²) in [7, 11) is -3.81. The summed E-state index contributed by atoms with van der Waals surface area (Å²) in [5.74, 6) is 0. The van der Waals surface area contributed by atoms with Gasteiger partial charge in [-0.25, -0.2) is 13.4 Å². The fraction of sp³-hybridized carbons (Fsp3) is 0.154. The quantitative estimate of drug-likeness (QED) is 0.674. The van der Waals surface area contributed by atoms with Gasteiger partial charge in [-0.1, -0.05) is 11.6 Å². The molecule has 1 aromatic carbocycles. The molecule has 0 saturated carbocycles. The first-order chi connectivity index (χ1) is 9.31. The molecule has 5 nitrogen and oxygen atoms in total. The van der Waals surface area contributed by atoms with Crippen LogP contribution in [0.4, 0.5) is 11.4 Å². The SMILES string of the molecule is Cc1cc(N)c(S(=O)(=O)Nc2cccnc2Cl)cc1C. The number of halogens is 1. The van der Waals surface area contributed by atoms with Gasteiger partial charge < -0.3 is 5.73 Å². The zero-order valence-corrected chi connectivity index (χ0v) is 12.6. The zero-order chi connectivity index (χ0) is 14.9. The highest BCUT2D eigenvalue weighted by molar-refractivity contribution is 7.92. The van der Waals surface area contributed by atoms with E-state index >= 15 is 0 Å². The lowest BCUT2D eigenvalue weighted by molar-refractivity contribution is 0.601. The van der Waals surface area contributed by atoms with E-state index in [1.807, 2.05) is 13.8 Å². The van der Waals surface area contributed by atoms with Crippen LogP contribution in [-0.4, -0.2) is 13.4 Å². The highest BCUT2D eigenvalue weighted by atomic mass is 35.5. The second-order valence-electron chi connectivity index (χ2n) is 4.42. The van der Waals surface area contributed by atoms with E-state index in [0.717, 1.165) is 11.1 Å². The number of anilines is 2. The molecule has 0 aliphatic carbocycles. The summed E-state index contributed by atoms with van der Waals surface area (Å²) in [6.07, 6.45) is 1.48. The molecule has 0 atom stereocenters.